The average molecular weight is 1120 g/mol. The van der Waals surface area contributed by atoms with Gasteiger partial charge in [-0.25, -0.2) is 0 Å². The summed E-state index contributed by atoms with van der Waals surface area (Å²) >= 11 is 0. The van der Waals surface area contributed by atoms with E-state index in [9.17, 15) is 19.0 Å². The van der Waals surface area contributed by atoms with Crippen LogP contribution in [0.15, 0.2) is 109 Å². The van der Waals surface area contributed by atoms with E-state index >= 15 is 0 Å². The predicted octanol–water partition coefficient (Wildman–Crippen LogP) is 19.5. The Hall–Kier alpha value is -3.33. The number of hydrogen-bond donors (Lipinski definition) is 1. The number of phosphoric acid groups is 1. The van der Waals surface area contributed by atoms with Crippen LogP contribution >= 0.6 is 7.82 Å². The summed E-state index contributed by atoms with van der Waals surface area (Å²) in [5, 5.41) is 3.02. The van der Waals surface area contributed by atoms with Crippen molar-refractivity contribution in [1.82, 2.24) is 5.32 Å². The Morgan fingerprint density at radius 1 is 0.468 bits per heavy atom. The van der Waals surface area contributed by atoms with Crippen molar-refractivity contribution in [2.75, 3.05) is 40.9 Å². The Morgan fingerprint density at radius 2 is 0.848 bits per heavy atom. The van der Waals surface area contributed by atoms with Crippen molar-refractivity contribution >= 4 is 19.7 Å². The molecule has 0 fully saturated rings. The van der Waals surface area contributed by atoms with Crippen molar-refractivity contribution in [3.63, 3.8) is 0 Å². The Labute approximate surface area is 487 Å². The smallest absolute Gasteiger partial charge is 0.306 e. The zero-order chi connectivity index (χ0) is 57.9. The van der Waals surface area contributed by atoms with E-state index in [2.05, 4.69) is 123 Å². The van der Waals surface area contributed by atoms with Gasteiger partial charge in [-0.1, -0.05) is 252 Å². The van der Waals surface area contributed by atoms with Crippen LogP contribution < -0.4 is 10.2 Å². The fourth-order valence-electron chi connectivity index (χ4n) is 8.75. The van der Waals surface area contributed by atoms with E-state index < -0.39 is 26.6 Å². The van der Waals surface area contributed by atoms with Crippen molar-refractivity contribution in [1.29, 1.82) is 0 Å². The molecule has 0 bridgehead atoms. The highest BCUT2D eigenvalue weighted by molar-refractivity contribution is 7.45. The number of carbonyl (C=O) groups is 2. The third-order valence-electron chi connectivity index (χ3n) is 13.7. The first-order valence-electron chi connectivity index (χ1n) is 32.2. The van der Waals surface area contributed by atoms with E-state index in [0.717, 1.165) is 148 Å². The Bertz CT molecular complexity index is 1720. The summed E-state index contributed by atoms with van der Waals surface area (Å²) in [6.45, 7) is 6.68. The average Bonchev–Trinajstić information content (AvgIpc) is 3.41. The standard InChI is InChI=1S/C69H121N2O7P/c1-7-10-13-16-19-22-25-28-30-31-32-33-34-35-36-37-38-39-41-44-47-50-53-56-59-62-69(73)78-67(60-57-54-51-48-45-42-27-24-21-18-15-12-9-3)66(65-77-79(74,75)76-64-63-71(4,5)6)70-68(72)61-58-55-52-49-46-43-40-29-26-23-20-17-14-11-8-2/h10,13,19-20,22-23,26,28-30,32-33,35-36,38-39,57,60,66-67H,7-9,11-12,14-18,21,24-25,27,31,34,37,40-56,58-59,61-65H2,1-6H3,(H-,70,72,74,75)/b13-10-,22-19-,23-20+,29-26+,30-28-,33-32-,36-35-,39-38-,60-57-. The summed E-state index contributed by atoms with van der Waals surface area (Å²) in [6.07, 6.45) is 79.1. The van der Waals surface area contributed by atoms with Crippen molar-refractivity contribution in [2.45, 2.75) is 277 Å². The summed E-state index contributed by atoms with van der Waals surface area (Å²) in [6, 6.07) is -0.908. The number of esters is 1. The van der Waals surface area contributed by atoms with Gasteiger partial charge in [-0.3, -0.25) is 14.2 Å². The maximum atomic E-state index is 13.5. The fourth-order valence-corrected chi connectivity index (χ4v) is 9.47. The molecule has 9 nitrogen and oxygen atoms in total. The summed E-state index contributed by atoms with van der Waals surface area (Å²) in [4.78, 5) is 40.0. The first-order valence-corrected chi connectivity index (χ1v) is 33.7. The second-order valence-corrected chi connectivity index (χ2v) is 24.0. The van der Waals surface area contributed by atoms with E-state index in [-0.39, 0.29) is 24.9 Å². The van der Waals surface area contributed by atoms with Crippen LogP contribution in [0.3, 0.4) is 0 Å². The van der Waals surface area contributed by atoms with Crippen molar-refractivity contribution in [3.05, 3.63) is 109 Å². The molecule has 10 heteroatoms. The van der Waals surface area contributed by atoms with E-state index in [1.807, 2.05) is 33.3 Å². The third kappa shape index (κ3) is 59.1. The number of carbonyl (C=O) groups excluding carboxylic acids is 2. The van der Waals surface area contributed by atoms with Gasteiger partial charge in [0.05, 0.1) is 33.8 Å². The van der Waals surface area contributed by atoms with Gasteiger partial charge in [-0.15, -0.1) is 0 Å². The van der Waals surface area contributed by atoms with Crippen LogP contribution in [0.4, 0.5) is 0 Å². The summed E-state index contributed by atoms with van der Waals surface area (Å²) in [5.41, 5.74) is 0. The number of phosphoric ester groups is 1. The molecule has 454 valence electrons. The molecule has 0 saturated carbocycles. The van der Waals surface area contributed by atoms with Crippen molar-refractivity contribution < 1.29 is 37.3 Å². The minimum absolute atomic E-state index is 0.0324. The first kappa shape index (κ1) is 75.7. The van der Waals surface area contributed by atoms with E-state index in [1.165, 1.54) is 77.0 Å². The van der Waals surface area contributed by atoms with E-state index in [1.54, 1.807) is 0 Å². The van der Waals surface area contributed by atoms with Gasteiger partial charge in [-0.2, -0.15) is 0 Å². The maximum Gasteiger partial charge on any atom is 0.306 e. The molecule has 0 radical (unpaired) electrons. The van der Waals surface area contributed by atoms with E-state index in [4.69, 9.17) is 13.8 Å². The number of likely N-dealkylation sites (N-methyl/N-ethyl adjacent to an activating group) is 1. The molecule has 0 heterocycles. The van der Waals surface area contributed by atoms with Gasteiger partial charge in [0.1, 0.15) is 19.3 Å². The largest absolute Gasteiger partial charge is 0.756 e. The summed E-state index contributed by atoms with van der Waals surface area (Å²) in [7, 11) is 1.15. The van der Waals surface area contributed by atoms with Gasteiger partial charge in [0.15, 0.2) is 0 Å². The molecular weight excluding hydrogens is 1000 g/mol. The Kier molecular flexibility index (Phi) is 55.4. The molecule has 0 aromatic heterocycles. The molecule has 3 unspecified atom stereocenters. The second kappa shape index (κ2) is 57.9. The lowest BCUT2D eigenvalue weighted by Crippen LogP contribution is -2.47. The van der Waals surface area contributed by atoms with Crippen LogP contribution in [-0.2, 0) is 27.9 Å². The SMILES string of the molecule is CC/C=C\C/C=C\C/C=C\C/C=C\C/C=C\C/C=C\CCCCCCCCC(=O)OC(/C=C\CCCCCCCCCCCCC)C(COP(=O)([O-])OCC[N+](C)(C)C)NC(=O)CCCCCCCC/C=C/C=C/CCCCC. The second-order valence-electron chi connectivity index (χ2n) is 22.6. The van der Waals surface area contributed by atoms with Gasteiger partial charge in [0, 0.05) is 12.8 Å². The molecule has 0 aliphatic carbocycles. The number of quaternary nitrogens is 1. The normalized spacial score (nSPS) is 14.4. The van der Waals surface area contributed by atoms with Gasteiger partial charge in [-0.05, 0) is 109 Å². The summed E-state index contributed by atoms with van der Waals surface area (Å²) < 4.78 is 30.3. The highest BCUT2D eigenvalue weighted by atomic mass is 31.2. The molecule has 1 N–H and O–H groups in total. The van der Waals surface area contributed by atoms with Crippen LogP contribution in [0.2, 0.25) is 0 Å². The molecule has 0 rings (SSSR count). The van der Waals surface area contributed by atoms with Crippen LogP contribution in [-0.4, -0.2) is 69.4 Å². The van der Waals surface area contributed by atoms with Gasteiger partial charge >= 0.3 is 5.97 Å². The highest BCUT2D eigenvalue weighted by Crippen LogP contribution is 2.38. The third-order valence-corrected chi connectivity index (χ3v) is 14.7. The summed E-state index contributed by atoms with van der Waals surface area (Å²) in [5.74, 6) is -0.575. The topological polar surface area (TPSA) is 114 Å². The molecule has 0 saturated heterocycles. The van der Waals surface area contributed by atoms with Crippen LogP contribution in [0.25, 0.3) is 0 Å². The highest BCUT2D eigenvalue weighted by Gasteiger charge is 2.27. The molecule has 1 amide bonds. The van der Waals surface area contributed by atoms with Gasteiger partial charge in [0.25, 0.3) is 7.82 Å². The van der Waals surface area contributed by atoms with E-state index in [0.29, 0.717) is 23.9 Å². The molecule has 3 atom stereocenters. The molecule has 0 aliphatic heterocycles. The van der Waals surface area contributed by atoms with Crippen LogP contribution in [0.5, 0.6) is 0 Å². The molecule has 0 aromatic rings. The molecule has 79 heavy (non-hydrogen) atoms. The van der Waals surface area contributed by atoms with Crippen molar-refractivity contribution in [2.24, 2.45) is 0 Å². The monoisotopic (exact) mass is 1120 g/mol. The minimum Gasteiger partial charge on any atom is -0.756 e. The van der Waals surface area contributed by atoms with Crippen LogP contribution in [0, 0.1) is 0 Å². The van der Waals surface area contributed by atoms with Gasteiger partial charge < -0.3 is 28.5 Å². The van der Waals surface area contributed by atoms with Gasteiger partial charge in [0.2, 0.25) is 5.91 Å². The number of unbranched alkanes of at least 4 members (excludes halogenated alkanes) is 26. The lowest BCUT2D eigenvalue weighted by molar-refractivity contribution is -0.870. The maximum absolute atomic E-state index is 13.5. The Morgan fingerprint density at radius 3 is 1.32 bits per heavy atom. The lowest BCUT2D eigenvalue weighted by Gasteiger charge is -2.30. The number of ether oxygens (including phenoxy) is 1. The Balaban J connectivity index is 5.25. The predicted molar refractivity (Wildman–Crippen MR) is 339 cm³/mol. The molecule has 0 aromatic carbocycles. The minimum atomic E-state index is -4.71. The zero-order valence-corrected chi connectivity index (χ0v) is 52.7. The number of amides is 1. The first-order chi connectivity index (χ1) is 38.4. The van der Waals surface area contributed by atoms with Crippen molar-refractivity contribution in [3.8, 4) is 0 Å². The number of hydrogen-bond acceptors (Lipinski definition) is 7. The number of nitrogens with zero attached hydrogens (tertiary/aromatic N) is 1. The number of nitrogens with one attached hydrogen (secondary N) is 1. The number of allylic oxidation sites excluding steroid dienone is 17. The molecule has 0 spiro atoms. The molecular formula is C69H121N2O7P. The quantitative estimate of drug-likeness (QED) is 0.0161. The number of rotatable bonds is 57. The van der Waals surface area contributed by atoms with Crippen LogP contribution in [0.1, 0.15) is 265 Å². The zero-order valence-electron chi connectivity index (χ0n) is 51.8. The molecule has 0 aliphatic rings. The lowest BCUT2D eigenvalue weighted by atomic mass is 10.0. The fraction of sp³-hybridized carbons (Fsp3) is 0.710.